The summed E-state index contributed by atoms with van der Waals surface area (Å²) in [5.41, 5.74) is 5.69. The van der Waals surface area contributed by atoms with E-state index >= 15 is 0 Å². The van der Waals surface area contributed by atoms with Gasteiger partial charge in [-0.05, 0) is 24.3 Å². The van der Waals surface area contributed by atoms with Gasteiger partial charge in [0, 0.05) is 12.1 Å². The molecule has 2 aromatic rings. The van der Waals surface area contributed by atoms with Gasteiger partial charge in [-0.3, -0.25) is 0 Å². The zero-order chi connectivity index (χ0) is 14.8. The van der Waals surface area contributed by atoms with Crippen molar-refractivity contribution in [2.75, 3.05) is 12.8 Å². The first-order valence-electron chi connectivity index (χ1n) is 5.64. The molecule has 7 heteroatoms. The standard InChI is InChI=1S/C13H14N2O4S/c1-18-9-3-2-4-10(7-9)19-11-5-6-13(12(14)8-11)20(15,16)17/h2-8H,14H2,1H3,(H2,15,16,17). The number of primary sulfonamides is 1. The molecule has 0 amide bonds. The minimum atomic E-state index is -3.83. The van der Waals surface area contributed by atoms with Crippen LogP contribution in [0.1, 0.15) is 0 Å². The van der Waals surface area contributed by atoms with Crippen molar-refractivity contribution in [3.05, 3.63) is 42.5 Å². The van der Waals surface area contributed by atoms with Crippen molar-refractivity contribution in [3.8, 4) is 17.2 Å². The van der Waals surface area contributed by atoms with Crippen molar-refractivity contribution in [3.63, 3.8) is 0 Å². The van der Waals surface area contributed by atoms with E-state index in [9.17, 15) is 8.42 Å². The van der Waals surface area contributed by atoms with Gasteiger partial charge in [0.2, 0.25) is 10.0 Å². The number of rotatable bonds is 4. The Morgan fingerprint density at radius 3 is 2.25 bits per heavy atom. The Morgan fingerprint density at radius 2 is 1.65 bits per heavy atom. The van der Waals surface area contributed by atoms with Gasteiger partial charge in [-0.15, -0.1) is 0 Å². The van der Waals surface area contributed by atoms with Gasteiger partial charge in [-0.1, -0.05) is 6.07 Å². The van der Waals surface area contributed by atoms with Gasteiger partial charge in [0.05, 0.1) is 12.8 Å². The number of ether oxygens (including phenoxy) is 2. The molecule has 0 aliphatic heterocycles. The zero-order valence-electron chi connectivity index (χ0n) is 10.7. The van der Waals surface area contributed by atoms with Gasteiger partial charge in [0.25, 0.3) is 0 Å². The maximum absolute atomic E-state index is 11.2. The summed E-state index contributed by atoms with van der Waals surface area (Å²) >= 11 is 0. The van der Waals surface area contributed by atoms with Gasteiger partial charge >= 0.3 is 0 Å². The molecule has 4 N–H and O–H groups in total. The lowest BCUT2D eigenvalue weighted by Crippen LogP contribution is -2.14. The van der Waals surface area contributed by atoms with Crippen molar-refractivity contribution in [1.29, 1.82) is 0 Å². The molecule has 2 aromatic carbocycles. The maximum atomic E-state index is 11.2. The molecule has 2 rings (SSSR count). The molecule has 0 unspecified atom stereocenters. The molecule has 0 spiro atoms. The first-order chi connectivity index (χ1) is 9.40. The van der Waals surface area contributed by atoms with Crippen LogP contribution < -0.4 is 20.3 Å². The van der Waals surface area contributed by atoms with Crippen LogP contribution in [0.5, 0.6) is 17.2 Å². The highest BCUT2D eigenvalue weighted by atomic mass is 32.2. The Hall–Kier alpha value is -2.25. The number of nitrogens with two attached hydrogens (primary N) is 2. The highest BCUT2D eigenvalue weighted by Crippen LogP contribution is 2.28. The van der Waals surface area contributed by atoms with E-state index < -0.39 is 10.0 Å². The van der Waals surface area contributed by atoms with Crippen LogP contribution in [0, 0.1) is 0 Å². The van der Waals surface area contributed by atoms with Crippen molar-refractivity contribution < 1.29 is 17.9 Å². The van der Waals surface area contributed by atoms with Crippen LogP contribution in [0.4, 0.5) is 5.69 Å². The second kappa shape index (κ2) is 5.40. The van der Waals surface area contributed by atoms with E-state index in [-0.39, 0.29) is 10.6 Å². The summed E-state index contributed by atoms with van der Waals surface area (Å²) in [6.45, 7) is 0. The van der Waals surface area contributed by atoms with Crippen molar-refractivity contribution in [1.82, 2.24) is 0 Å². The lowest BCUT2D eigenvalue weighted by Gasteiger charge is -2.09. The minimum Gasteiger partial charge on any atom is -0.497 e. The number of hydrogen-bond donors (Lipinski definition) is 2. The van der Waals surface area contributed by atoms with Gasteiger partial charge in [-0.25, -0.2) is 13.6 Å². The number of nitrogen functional groups attached to an aromatic ring is 1. The quantitative estimate of drug-likeness (QED) is 0.835. The van der Waals surface area contributed by atoms with Crippen LogP contribution in [-0.2, 0) is 10.0 Å². The minimum absolute atomic E-state index is 0.0351. The molecule has 0 bridgehead atoms. The molecule has 0 aliphatic carbocycles. The van der Waals surface area contributed by atoms with E-state index in [0.29, 0.717) is 17.2 Å². The molecule has 0 aliphatic rings. The fourth-order valence-corrected chi connectivity index (χ4v) is 2.30. The van der Waals surface area contributed by atoms with Gasteiger partial charge in [-0.2, -0.15) is 0 Å². The highest BCUT2D eigenvalue weighted by Gasteiger charge is 2.13. The molecule has 0 radical (unpaired) electrons. The van der Waals surface area contributed by atoms with Gasteiger partial charge < -0.3 is 15.2 Å². The Labute approximate surface area is 117 Å². The fourth-order valence-electron chi connectivity index (χ4n) is 1.65. The van der Waals surface area contributed by atoms with Crippen LogP contribution in [0.25, 0.3) is 0 Å². The Morgan fingerprint density at radius 1 is 1.00 bits per heavy atom. The Bertz CT molecular complexity index is 729. The molecule has 0 saturated carbocycles. The monoisotopic (exact) mass is 294 g/mol. The second-order valence-electron chi connectivity index (χ2n) is 4.03. The van der Waals surface area contributed by atoms with Gasteiger partial charge in [0.1, 0.15) is 22.1 Å². The van der Waals surface area contributed by atoms with Crippen LogP contribution in [0.15, 0.2) is 47.4 Å². The maximum Gasteiger partial charge on any atom is 0.240 e. The lowest BCUT2D eigenvalue weighted by atomic mass is 10.3. The number of sulfonamides is 1. The summed E-state index contributed by atoms with van der Waals surface area (Å²) in [4.78, 5) is -0.129. The zero-order valence-corrected chi connectivity index (χ0v) is 11.6. The topological polar surface area (TPSA) is 105 Å². The number of hydrogen-bond acceptors (Lipinski definition) is 5. The molecule has 6 nitrogen and oxygen atoms in total. The highest BCUT2D eigenvalue weighted by molar-refractivity contribution is 7.89. The van der Waals surface area contributed by atoms with Crippen molar-refractivity contribution in [2.24, 2.45) is 5.14 Å². The van der Waals surface area contributed by atoms with E-state index in [1.165, 1.54) is 18.2 Å². The lowest BCUT2D eigenvalue weighted by molar-refractivity contribution is 0.409. The Kier molecular flexibility index (Phi) is 3.82. The molecule has 0 aromatic heterocycles. The smallest absolute Gasteiger partial charge is 0.240 e. The average molecular weight is 294 g/mol. The molecular weight excluding hydrogens is 280 g/mol. The number of anilines is 1. The third kappa shape index (κ3) is 3.19. The Balaban J connectivity index is 2.29. The first-order valence-corrected chi connectivity index (χ1v) is 7.19. The van der Waals surface area contributed by atoms with E-state index in [2.05, 4.69) is 0 Å². The van der Waals surface area contributed by atoms with Crippen molar-refractivity contribution >= 4 is 15.7 Å². The van der Waals surface area contributed by atoms with Gasteiger partial charge in [0.15, 0.2) is 0 Å². The predicted octanol–water partition coefficient (Wildman–Crippen LogP) is 1.72. The third-order valence-corrected chi connectivity index (χ3v) is 3.55. The SMILES string of the molecule is COc1cccc(Oc2ccc(S(N)(=O)=O)c(N)c2)c1. The molecule has 0 heterocycles. The van der Waals surface area contributed by atoms with Crippen LogP contribution in [-0.4, -0.2) is 15.5 Å². The summed E-state index contributed by atoms with van der Waals surface area (Å²) < 4.78 is 33.1. The fraction of sp³-hybridized carbons (Fsp3) is 0.0769. The molecule has 20 heavy (non-hydrogen) atoms. The van der Waals surface area contributed by atoms with Crippen LogP contribution >= 0.6 is 0 Å². The first kappa shape index (κ1) is 14.2. The molecular formula is C13H14N2O4S. The molecule has 106 valence electrons. The largest absolute Gasteiger partial charge is 0.497 e. The molecule has 0 atom stereocenters. The third-order valence-electron chi connectivity index (χ3n) is 2.56. The molecule has 0 saturated heterocycles. The van der Waals surface area contributed by atoms with E-state index in [0.717, 1.165) is 0 Å². The van der Waals surface area contributed by atoms with E-state index in [1.807, 2.05) is 0 Å². The molecule has 0 fully saturated rings. The summed E-state index contributed by atoms with van der Waals surface area (Å²) in [5, 5.41) is 5.03. The number of methoxy groups -OCH3 is 1. The van der Waals surface area contributed by atoms with Crippen LogP contribution in [0.2, 0.25) is 0 Å². The summed E-state index contributed by atoms with van der Waals surface area (Å²) in [5.74, 6) is 1.60. The average Bonchev–Trinajstić information content (AvgIpc) is 2.37. The summed E-state index contributed by atoms with van der Waals surface area (Å²) in [7, 11) is -2.28. The second-order valence-corrected chi connectivity index (χ2v) is 5.56. The van der Waals surface area contributed by atoms with E-state index in [1.54, 1.807) is 31.4 Å². The summed E-state index contributed by atoms with van der Waals surface area (Å²) in [6, 6.07) is 11.2. The van der Waals surface area contributed by atoms with Crippen LogP contribution in [0.3, 0.4) is 0 Å². The van der Waals surface area contributed by atoms with E-state index in [4.69, 9.17) is 20.3 Å². The normalized spacial score (nSPS) is 11.1. The predicted molar refractivity (Wildman–Crippen MR) is 75.3 cm³/mol. The number of benzene rings is 2. The van der Waals surface area contributed by atoms with Crippen molar-refractivity contribution in [2.45, 2.75) is 4.90 Å². The summed E-state index contributed by atoms with van der Waals surface area (Å²) in [6.07, 6.45) is 0.